The Morgan fingerprint density at radius 3 is 2.25 bits per heavy atom. The molecule has 1 heterocycles. The summed E-state index contributed by atoms with van der Waals surface area (Å²) in [4.78, 5) is 2.34. The highest BCUT2D eigenvalue weighted by Gasteiger charge is 2.12. The zero-order chi connectivity index (χ0) is 11.4. The molecule has 1 N–H and O–H groups in total. The third-order valence-corrected chi connectivity index (χ3v) is 2.88. The summed E-state index contributed by atoms with van der Waals surface area (Å²) in [7, 11) is 3.84. The minimum atomic E-state index is 0.893. The monoisotopic (exact) mass is 221 g/mol. The molecule has 0 aliphatic carbocycles. The number of hydrazine groups is 1. The fourth-order valence-electron chi connectivity index (χ4n) is 1.77. The largest absolute Gasteiger partial charge is 0.497 e. The van der Waals surface area contributed by atoms with Crippen LogP contribution >= 0.6 is 0 Å². The van der Waals surface area contributed by atoms with Gasteiger partial charge in [0.15, 0.2) is 0 Å². The third-order valence-electron chi connectivity index (χ3n) is 2.88. The van der Waals surface area contributed by atoms with Crippen molar-refractivity contribution in [3.05, 3.63) is 24.3 Å². The predicted molar refractivity (Wildman–Crippen MR) is 65.7 cm³/mol. The number of hydrogen-bond donors (Lipinski definition) is 1. The lowest BCUT2D eigenvalue weighted by atomic mass is 10.3. The van der Waals surface area contributed by atoms with Crippen molar-refractivity contribution >= 4 is 5.69 Å². The van der Waals surface area contributed by atoms with Gasteiger partial charge >= 0.3 is 0 Å². The van der Waals surface area contributed by atoms with Crippen LogP contribution in [0.3, 0.4) is 0 Å². The van der Waals surface area contributed by atoms with E-state index in [1.165, 1.54) is 0 Å². The SMILES string of the molecule is COc1ccc(NN2CCN(C)CC2)cc1. The Bertz CT molecular complexity index is 318. The van der Waals surface area contributed by atoms with Gasteiger partial charge in [0.05, 0.1) is 7.11 Å². The average molecular weight is 221 g/mol. The first-order chi connectivity index (χ1) is 7.78. The molecule has 0 radical (unpaired) electrons. The minimum absolute atomic E-state index is 0.893. The van der Waals surface area contributed by atoms with Crippen LogP contribution in [0.1, 0.15) is 0 Å². The lowest BCUT2D eigenvalue weighted by Crippen LogP contribution is -2.46. The molecular formula is C12H19N3O. The maximum absolute atomic E-state index is 5.13. The Morgan fingerprint density at radius 2 is 1.69 bits per heavy atom. The summed E-state index contributed by atoms with van der Waals surface area (Å²) in [6.45, 7) is 4.34. The number of nitrogens with zero attached hydrogens (tertiary/aromatic N) is 2. The molecule has 1 aromatic carbocycles. The van der Waals surface area contributed by atoms with E-state index in [9.17, 15) is 0 Å². The Kier molecular flexibility index (Phi) is 3.64. The fourth-order valence-corrected chi connectivity index (χ4v) is 1.77. The molecule has 0 spiro atoms. The smallest absolute Gasteiger partial charge is 0.119 e. The second kappa shape index (κ2) is 5.18. The van der Waals surface area contributed by atoms with Crippen LogP contribution in [0.4, 0.5) is 5.69 Å². The predicted octanol–water partition coefficient (Wildman–Crippen LogP) is 1.27. The van der Waals surface area contributed by atoms with Crippen molar-refractivity contribution in [2.45, 2.75) is 0 Å². The quantitative estimate of drug-likeness (QED) is 0.832. The minimum Gasteiger partial charge on any atom is -0.497 e. The first kappa shape index (κ1) is 11.2. The second-order valence-corrected chi connectivity index (χ2v) is 4.13. The normalized spacial score (nSPS) is 18.4. The van der Waals surface area contributed by atoms with E-state index >= 15 is 0 Å². The number of methoxy groups -OCH3 is 1. The number of rotatable bonds is 3. The van der Waals surface area contributed by atoms with Crippen LogP contribution in [-0.2, 0) is 0 Å². The first-order valence-electron chi connectivity index (χ1n) is 5.62. The molecule has 2 rings (SSSR count). The molecule has 0 saturated carbocycles. The molecule has 4 nitrogen and oxygen atoms in total. The van der Waals surface area contributed by atoms with Gasteiger partial charge in [-0.15, -0.1) is 0 Å². The Labute approximate surface area is 96.8 Å². The molecule has 1 aliphatic rings. The van der Waals surface area contributed by atoms with Crippen LogP contribution in [0, 0.1) is 0 Å². The Morgan fingerprint density at radius 1 is 1.06 bits per heavy atom. The van der Waals surface area contributed by atoms with Crippen molar-refractivity contribution in [2.75, 3.05) is 45.8 Å². The summed E-state index contributed by atoms with van der Waals surface area (Å²) >= 11 is 0. The number of piperazine rings is 1. The van der Waals surface area contributed by atoms with Crippen LogP contribution in [0.15, 0.2) is 24.3 Å². The molecule has 16 heavy (non-hydrogen) atoms. The highest BCUT2D eigenvalue weighted by molar-refractivity contribution is 5.45. The molecule has 0 aromatic heterocycles. The van der Waals surface area contributed by atoms with Crippen LogP contribution in [0.2, 0.25) is 0 Å². The van der Waals surface area contributed by atoms with E-state index in [1.54, 1.807) is 7.11 Å². The van der Waals surface area contributed by atoms with E-state index in [4.69, 9.17) is 4.74 Å². The maximum Gasteiger partial charge on any atom is 0.119 e. The van der Waals surface area contributed by atoms with E-state index in [-0.39, 0.29) is 0 Å². The van der Waals surface area contributed by atoms with Crippen molar-refractivity contribution in [1.82, 2.24) is 9.91 Å². The Balaban J connectivity index is 1.88. The van der Waals surface area contributed by atoms with E-state index < -0.39 is 0 Å². The van der Waals surface area contributed by atoms with Crippen LogP contribution in [0.5, 0.6) is 5.75 Å². The summed E-state index contributed by atoms with van der Waals surface area (Å²) in [6, 6.07) is 8.02. The van der Waals surface area contributed by atoms with Crippen LogP contribution < -0.4 is 10.2 Å². The Hall–Kier alpha value is -1.26. The van der Waals surface area contributed by atoms with Gasteiger partial charge < -0.3 is 15.1 Å². The van der Waals surface area contributed by atoms with Crippen LogP contribution in [-0.4, -0.2) is 50.2 Å². The summed E-state index contributed by atoms with van der Waals surface area (Å²) < 4.78 is 5.13. The molecule has 0 unspecified atom stereocenters. The van der Waals surface area contributed by atoms with Gasteiger partial charge in [0.1, 0.15) is 5.75 Å². The van der Waals surface area contributed by atoms with Gasteiger partial charge in [0.25, 0.3) is 0 Å². The highest BCUT2D eigenvalue weighted by Crippen LogP contribution is 2.15. The first-order valence-corrected chi connectivity index (χ1v) is 5.62. The molecule has 88 valence electrons. The van der Waals surface area contributed by atoms with Crippen molar-refractivity contribution in [1.29, 1.82) is 0 Å². The van der Waals surface area contributed by atoms with E-state index in [0.29, 0.717) is 0 Å². The topological polar surface area (TPSA) is 27.7 Å². The number of ether oxygens (including phenoxy) is 1. The van der Waals surface area contributed by atoms with Gasteiger partial charge in [0.2, 0.25) is 0 Å². The van der Waals surface area contributed by atoms with Gasteiger partial charge in [0, 0.05) is 31.9 Å². The zero-order valence-corrected chi connectivity index (χ0v) is 9.94. The average Bonchev–Trinajstić information content (AvgIpc) is 2.33. The summed E-state index contributed by atoms with van der Waals surface area (Å²) in [5.74, 6) is 0.893. The summed E-state index contributed by atoms with van der Waals surface area (Å²) in [5, 5.41) is 2.25. The molecule has 0 bridgehead atoms. The van der Waals surface area contributed by atoms with E-state index in [0.717, 1.165) is 37.6 Å². The highest BCUT2D eigenvalue weighted by atomic mass is 16.5. The van der Waals surface area contributed by atoms with Gasteiger partial charge in [-0.1, -0.05) is 0 Å². The molecule has 1 aliphatic heterocycles. The molecular weight excluding hydrogens is 202 g/mol. The third kappa shape index (κ3) is 2.87. The number of anilines is 1. The molecule has 4 heteroatoms. The lowest BCUT2D eigenvalue weighted by Gasteiger charge is -2.33. The maximum atomic E-state index is 5.13. The number of benzene rings is 1. The fraction of sp³-hybridized carbons (Fsp3) is 0.500. The van der Waals surface area contributed by atoms with Crippen LogP contribution in [0.25, 0.3) is 0 Å². The van der Waals surface area contributed by atoms with Crippen molar-refractivity contribution in [2.24, 2.45) is 0 Å². The van der Waals surface area contributed by atoms with E-state index in [1.807, 2.05) is 24.3 Å². The molecule has 1 aromatic rings. The van der Waals surface area contributed by atoms with Crippen molar-refractivity contribution < 1.29 is 4.74 Å². The van der Waals surface area contributed by atoms with Gasteiger partial charge in [-0.2, -0.15) is 0 Å². The van der Waals surface area contributed by atoms with Crippen molar-refractivity contribution in [3.8, 4) is 5.75 Å². The number of hydrogen-bond acceptors (Lipinski definition) is 4. The van der Waals surface area contributed by atoms with Gasteiger partial charge in [-0.05, 0) is 31.3 Å². The molecule has 1 fully saturated rings. The second-order valence-electron chi connectivity index (χ2n) is 4.13. The lowest BCUT2D eigenvalue weighted by molar-refractivity contribution is 0.179. The zero-order valence-electron chi connectivity index (χ0n) is 9.94. The summed E-state index contributed by atoms with van der Waals surface area (Å²) in [6.07, 6.45) is 0. The number of nitrogens with one attached hydrogen (secondary N) is 1. The molecule has 0 atom stereocenters. The standard InChI is InChI=1S/C12H19N3O/c1-14-7-9-15(10-8-14)13-11-3-5-12(16-2)6-4-11/h3-6,13H,7-10H2,1-2H3. The van der Waals surface area contributed by atoms with E-state index in [2.05, 4.69) is 22.4 Å². The van der Waals surface area contributed by atoms with Gasteiger partial charge in [-0.25, -0.2) is 5.01 Å². The van der Waals surface area contributed by atoms with Gasteiger partial charge in [-0.3, -0.25) is 0 Å². The van der Waals surface area contributed by atoms with Crippen molar-refractivity contribution in [3.63, 3.8) is 0 Å². The number of likely N-dealkylation sites (N-methyl/N-ethyl adjacent to an activating group) is 1. The summed E-state index contributed by atoms with van der Waals surface area (Å²) in [5.41, 5.74) is 4.52. The molecule has 0 amide bonds. The molecule has 1 saturated heterocycles.